The summed E-state index contributed by atoms with van der Waals surface area (Å²) in [7, 11) is 0. The molecule has 4 nitrogen and oxygen atoms in total. The molecule has 0 unspecified atom stereocenters. The lowest BCUT2D eigenvalue weighted by Crippen LogP contribution is -2.28. The van der Waals surface area contributed by atoms with Crippen molar-refractivity contribution >= 4 is 11.7 Å². The highest BCUT2D eigenvalue weighted by molar-refractivity contribution is 5.89. The lowest BCUT2D eigenvalue weighted by molar-refractivity contribution is 0.251. The Kier molecular flexibility index (Phi) is 5.07. The number of benzene rings is 2. The van der Waals surface area contributed by atoms with Gasteiger partial charge in [0, 0.05) is 29.3 Å². The zero-order chi connectivity index (χ0) is 18.7. The molecule has 0 aliphatic heterocycles. The molecule has 26 heavy (non-hydrogen) atoms. The van der Waals surface area contributed by atoms with E-state index in [1.165, 1.54) is 17.7 Å². The molecule has 2 N–H and O–H groups in total. The number of halogens is 1. The van der Waals surface area contributed by atoms with Gasteiger partial charge in [0.1, 0.15) is 5.82 Å². The highest BCUT2D eigenvalue weighted by Gasteiger charge is 2.12. The molecule has 0 bridgehead atoms. The summed E-state index contributed by atoms with van der Waals surface area (Å²) in [4.78, 5) is 12.1. The van der Waals surface area contributed by atoms with E-state index in [4.69, 9.17) is 0 Å². The van der Waals surface area contributed by atoms with E-state index in [2.05, 4.69) is 46.4 Å². The van der Waals surface area contributed by atoms with Crippen molar-refractivity contribution in [3.05, 3.63) is 82.9 Å². The van der Waals surface area contributed by atoms with Crippen molar-refractivity contribution in [3.63, 3.8) is 0 Å². The number of urea groups is 1. The fourth-order valence-electron chi connectivity index (χ4n) is 3.09. The topological polar surface area (TPSA) is 46.1 Å². The maximum Gasteiger partial charge on any atom is 0.319 e. The zero-order valence-electron chi connectivity index (χ0n) is 15.1. The van der Waals surface area contributed by atoms with Gasteiger partial charge in [0.2, 0.25) is 0 Å². The van der Waals surface area contributed by atoms with Crippen LogP contribution in [-0.2, 0) is 6.54 Å². The van der Waals surface area contributed by atoms with E-state index in [-0.39, 0.29) is 11.8 Å². The van der Waals surface area contributed by atoms with Crippen LogP contribution in [0.5, 0.6) is 0 Å². The van der Waals surface area contributed by atoms with Crippen LogP contribution in [0.25, 0.3) is 5.69 Å². The van der Waals surface area contributed by atoms with Crippen molar-refractivity contribution in [1.82, 2.24) is 9.88 Å². The predicted octanol–water partition coefficient (Wildman–Crippen LogP) is 4.86. The van der Waals surface area contributed by atoms with Crippen LogP contribution in [0.4, 0.5) is 14.9 Å². The second kappa shape index (κ2) is 7.44. The molecular formula is C21H22FN3O. The average molecular weight is 351 g/mol. The standard InChI is InChI=1S/C21H22FN3O/c1-14-6-4-9-20(10-14)25-15(2)11-17(16(25)3)13-23-21(26)24-19-8-5-7-18(22)12-19/h4-12H,13H2,1-3H3,(H2,23,24,26). The van der Waals surface area contributed by atoms with Gasteiger partial charge < -0.3 is 15.2 Å². The van der Waals surface area contributed by atoms with Crippen LogP contribution in [0, 0.1) is 26.6 Å². The first-order valence-electron chi connectivity index (χ1n) is 8.49. The molecule has 2 aromatic carbocycles. The van der Waals surface area contributed by atoms with Crippen LogP contribution < -0.4 is 10.6 Å². The van der Waals surface area contributed by atoms with Gasteiger partial charge in [-0.15, -0.1) is 0 Å². The van der Waals surface area contributed by atoms with E-state index in [1.807, 2.05) is 19.9 Å². The molecule has 1 heterocycles. The van der Waals surface area contributed by atoms with E-state index >= 15 is 0 Å². The fraction of sp³-hybridized carbons (Fsp3) is 0.190. The Labute approximate surface area is 152 Å². The van der Waals surface area contributed by atoms with E-state index in [0.29, 0.717) is 12.2 Å². The predicted molar refractivity (Wildman–Crippen MR) is 102 cm³/mol. The van der Waals surface area contributed by atoms with Crippen LogP contribution in [0.1, 0.15) is 22.5 Å². The summed E-state index contributed by atoms with van der Waals surface area (Å²) in [5.41, 5.74) is 5.96. The average Bonchev–Trinajstić information content (AvgIpc) is 2.87. The zero-order valence-corrected chi connectivity index (χ0v) is 15.1. The monoisotopic (exact) mass is 351 g/mol. The van der Waals surface area contributed by atoms with Gasteiger partial charge in [0.25, 0.3) is 0 Å². The number of aryl methyl sites for hydroxylation is 2. The number of anilines is 1. The molecule has 0 aliphatic carbocycles. The minimum absolute atomic E-state index is 0.365. The molecule has 0 radical (unpaired) electrons. The number of rotatable bonds is 4. The molecule has 0 aliphatic rings. The van der Waals surface area contributed by atoms with Crippen molar-refractivity contribution in [1.29, 1.82) is 0 Å². The van der Waals surface area contributed by atoms with Gasteiger partial charge in [-0.05, 0) is 68.3 Å². The van der Waals surface area contributed by atoms with Crippen LogP contribution in [0.3, 0.4) is 0 Å². The maximum absolute atomic E-state index is 13.2. The van der Waals surface area contributed by atoms with E-state index in [0.717, 1.165) is 22.6 Å². The number of carbonyl (C=O) groups is 1. The fourth-order valence-corrected chi connectivity index (χ4v) is 3.09. The summed E-state index contributed by atoms with van der Waals surface area (Å²) < 4.78 is 15.4. The van der Waals surface area contributed by atoms with Gasteiger partial charge in [0.15, 0.2) is 0 Å². The molecule has 134 valence electrons. The molecule has 3 aromatic rings. The Morgan fingerprint density at radius 1 is 1.04 bits per heavy atom. The van der Waals surface area contributed by atoms with E-state index in [1.54, 1.807) is 12.1 Å². The minimum atomic E-state index is -0.385. The summed E-state index contributed by atoms with van der Waals surface area (Å²) >= 11 is 0. The number of nitrogens with zero attached hydrogens (tertiary/aromatic N) is 1. The molecule has 0 atom stereocenters. The summed E-state index contributed by atoms with van der Waals surface area (Å²) in [6.45, 7) is 6.55. The van der Waals surface area contributed by atoms with Gasteiger partial charge in [-0.25, -0.2) is 9.18 Å². The van der Waals surface area contributed by atoms with Crippen molar-refractivity contribution in [2.45, 2.75) is 27.3 Å². The maximum atomic E-state index is 13.2. The molecular weight excluding hydrogens is 329 g/mol. The molecule has 0 saturated carbocycles. The second-order valence-electron chi connectivity index (χ2n) is 6.39. The highest BCUT2D eigenvalue weighted by Crippen LogP contribution is 2.21. The van der Waals surface area contributed by atoms with Gasteiger partial charge in [-0.2, -0.15) is 0 Å². The number of carbonyl (C=O) groups excluding carboxylic acids is 1. The first-order chi connectivity index (χ1) is 12.4. The Bertz CT molecular complexity index is 946. The first kappa shape index (κ1) is 17.7. The van der Waals surface area contributed by atoms with Crippen molar-refractivity contribution in [3.8, 4) is 5.69 Å². The molecule has 5 heteroatoms. The van der Waals surface area contributed by atoms with Crippen LogP contribution in [0.2, 0.25) is 0 Å². The molecule has 3 rings (SSSR count). The smallest absolute Gasteiger partial charge is 0.319 e. The first-order valence-corrected chi connectivity index (χ1v) is 8.49. The summed E-state index contributed by atoms with van der Waals surface area (Å²) in [5.74, 6) is -0.385. The SMILES string of the molecule is Cc1cccc(-n2c(C)cc(CNC(=O)Nc3cccc(F)c3)c2C)c1. The normalized spacial score (nSPS) is 10.6. The molecule has 2 amide bonds. The van der Waals surface area contributed by atoms with Crippen molar-refractivity contribution in [2.75, 3.05) is 5.32 Å². The Morgan fingerprint density at radius 2 is 1.81 bits per heavy atom. The van der Waals surface area contributed by atoms with Crippen molar-refractivity contribution < 1.29 is 9.18 Å². The van der Waals surface area contributed by atoms with E-state index < -0.39 is 0 Å². The van der Waals surface area contributed by atoms with E-state index in [9.17, 15) is 9.18 Å². The third kappa shape index (κ3) is 3.94. The van der Waals surface area contributed by atoms with Gasteiger partial charge >= 0.3 is 6.03 Å². The summed E-state index contributed by atoms with van der Waals surface area (Å²) in [6.07, 6.45) is 0. The third-order valence-electron chi connectivity index (χ3n) is 4.32. The highest BCUT2D eigenvalue weighted by atomic mass is 19.1. The molecule has 0 saturated heterocycles. The Hall–Kier alpha value is -3.08. The van der Waals surface area contributed by atoms with Gasteiger partial charge in [0.05, 0.1) is 0 Å². The minimum Gasteiger partial charge on any atom is -0.334 e. The Morgan fingerprint density at radius 3 is 2.54 bits per heavy atom. The summed E-state index contributed by atoms with van der Waals surface area (Å²) in [5, 5.41) is 5.46. The van der Waals surface area contributed by atoms with Crippen LogP contribution in [0.15, 0.2) is 54.6 Å². The molecule has 0 spiro atoms. The number of aromatic nitrogens is 1. The largest absolute Gasteiger partial charge is 0.334 e. The lowest BCUT2D eigenvalue weighted by atomic mass is 10.2. The summed E-state index contributed by atoms with van der Waals surface area (Å²) in [6, 6.07) is 15.8. The molecule has 0 fully saturated rings. The number of nitrogens with one attached hydrogen (secondary N) is 2. The lowest BCUT2D eigenvalue weighted by Gasteiger charge is -2.11. The van der Waals surface area contributed by atoms with Gasteiger partial charge in [-0.3, -0.25) is 0 Å². The van der Waals surface area contributed by atoms with Gasteiger partial charge in [-0.1, -0.05) is 18.2 Å². The number of amides is 2. The third-order valence-corrected chi connectivity index (χ3v) is 4.32. The van der Waals surface area contributed by atoms with Crippen LogP contribution >= 0.6 is 0 Å². The van der Waals surface area contributed by atoms with Crippen LogP contribution in [-0.4, -0.2) is 10.6 Å². The Balaban J connectivity index is 1.71. The second-order valence-corrected chi connectivity index (χ2v) is 6.39. The quantitative estimate of drug-likeness (QED) is 0.692. The molecule has 1 aromatic heterocycles. The number of hydrogen-bond acceptors (Lipinski definition) is 1. The van der Waals surface area contributed by atoms with Crippen molar-refractivity contribution in [2.24, 2.45) is 0 Å². The number of hydrogen-bond donors (Lipinski definition) is 2.